The second-order valence-corrected chi connectivity index (χ2v) is 7.93. The number of carbonyl (C=O) groups excluding carboxylic acids is 1. The second-order valence-electron chi connectivity index (χ2n) is 6.06. The molecule has 0 saturated carbocycles. The number of aryl methyl sites for hydroxylation is 1. The minimum absolute atomic E-state index is 0.0177. The maximum Gasteiger partial charge on any atom is 0.338 e. The number of sulfonamides is 1. The molecule has 156 valence electrons. The molecule has 8 heteroatoms. The Labute approximate surface area is 171 Å². The normalized spacial score (nSPS) is 10.9. The van der Waals surface area contributed by atoms with Gasteiger partial charge in [0.1, 0.15) is 0 Å². The van der Waals surface area contributed by atoms with E-state index in [4.69, 9.17) is 14.2 Å². The fraction of sp³-hybridized carbons (Fsp3) is 0.286. The van der Waals surface area contributed by atoms with E-state index in [0.717, 1.165) is 0 Å². The number of methoxy groups -OCH3 is 2. The van der Waals surface area contributed by atoms with Crippen molar-refractivity contribution in [1.82, 2.24) is 0 Å². The Hall–Kier alpha value is -3.00. The molecule has 0 spiro atoms. The number of hydrogen-bond donors (Lipinski definition) is 0. The van der Waals surface area contributed by atoms with Crippen molar-refractivity contribution in [2.24, 2.45) is 0 Å². The van der Waals surface area contributed by atoms with Gasteiger partial charge in [0.2, 0.25) is 0 Å². The molecule has 0 fully saturated rings. The SMILES string of the molecule is C=CCN(c1cc(C(=O)OCC)ccc1C)S(=O)(=O)c1ccc(OC)c(OC)c1. The molecule has 0 bridgehead atoms. The molecular weight excluding hydrogens is 394 g/mol. The molecule has 0 saturated heterocycles. The molecule has 2 rings (SSSR count). The topological polar surface area (TPSA) is 82.1 Å². The predicted molar refractivity (Wildman–Crippen MR) is 111 cm³/mol. The van der Waals surface area contributed by atoms with E-state index in [0.29, 0.717) is 22.7 Å². The van der Waals surface area contributed by atoms with Gasteiger partial charge in [0.15, 0.2) is 11.5 Å². The Morgan fingerprint density at radius 1 is 1.10 bits per heavy atom. The summed E-state index contributed by atoms with van der Waals surface area (Å²) in [5, 5.41) is 0. The minimum Gasteiger partial charge on any atom is -0.493 e. The molecule has 0 aliphatic rings. The van der Waals surface area contributed by atoms with Gasteiger partial charge in [0.25, 0.3) is 10.0 Å². The van der Waals surface area contributed by atoms with Gasteiger partial charge in [-0.3, -0.25) is 4.31 Å². The van der Waals surface area contributed by atoms with Gasteiger partial charge in [-0.05, 0) is 43.7 Å². The highest BCUT2D eigenvalue weighted by Crippen LogP contribution is 2.33. The molecule has 0 aromatic heterocycles. The average Bonchev–Trinajstić information content (AvgIpc) is 2.72. The highest BCUT2D eigenvalue weighted by atomic mass is 32.2. The first-order valence-corrected chi connectivity index (χ1v) is 10.4. The summed E-state index contributed by atoms with van der Waals surface area (Å²) in [6.45, 7) is 7.39. The third-order valence-electron chi connectivity index (χ3n) is 4.23. The van der Waals surface area contributed by atoms with E-state index in [9.17, 15) is 13.2 Å². The van der Waals surface area contributed by atoms with Crippen LogP contribution in [-0.2, 0) is 14.8 Å². The summed E-state index contributed by atoms with van der Waals surface area (Å²) in [5.74, 6) is 0.196. The number of anilines is 1. The van der Waals surface area contributed by atoms with Crippen LogP contribution in [0.1, 0.15) is 22.8 Å². The van der Waals surface area contributed by atoms with Crippen LogP contribution in [0, 0.1) is 6.92 Å². The third-order valence-corrected chi connectivity index (χ3v) is 6.00. The molecule has 0 atom stereocenters. The van der Waals surface area contributed by atoms with E-state index in [1.807, 2.05) is 0 Å². The Kier molecular flexibility index (Phi) is 7.28. The summed E-state index contributed by atoms with van der Waals surface area (Å²) < 4.78 is 43.5. The first-order valence-electron chi connectivity index (χ1n) is 8.93. The van der Waals surface area contributed by atoms with Crippen LogP contribution in [0.2, 0.25) is 0 Å². The predicted octanol–water partition coefficient (Wildman–Crippen LogP) is 3.57. The maximum absolute atomic E-state index is 13.4. The van der Waals surface area contributed by atoms with Crippen molar-refractivity contribution < 1.29 is 27.4 Å². The molecule has 0 aliphatic heterocycles. The van der Waals surface area contributed by atoms with Gasteiger partial charge >= 0.3 is 5.97 Å². The van der Waals surface area contributed by atoms with Crippen molar-refractivity contribution in [3.8, 4) is 11.5 Å². The molecule has 0 aliphatic carbocycles. The maximum atomic E-state index is 13.4. The van der Waals surface area contributed by atoms with Gasteiger partial charge in [-0.15, -0.1) is 6.58 Å². The van der Waals surface area contributed by atoms with E-state index >= 15 is 0 Å². The summed E-state index contributed by atoms with van der Waals surface area (Å²) >= 11 is 0. The van der Waals surface area contributed by atoms with Crippen LogP contribution in [0.3, 0.4) is 0 Å². The van der Waals surface area contributed by atoms with Crippen LogP contribution in [0.15, 0.2) is 53.9 Å². The monoisotopic (exact) mass is 419 g/mol. The lowest BCUT2D eigenvalue weighted by molar-refractivity contribution is 0.0526. The Morgan fingerprint density at radius 3 is 2.38 bits per heavy atom. The first-order chi connectivity index (χ1) is 13.8. The minimum atomic E-state index is -3.98. The van der Waals surface area contributed by atoms with Crippen LogP contribution in [0.25, 0.3) is 0 Å². The van der Waals surface area contributed by atoms with Crippen LogP contribution >= 0.6 is 0 Å². The number of nitrogens with zero attached hydrogens (tertiary/aromatic N) is 1. The van der Waals surface area contributed by atoms with Crippen molar-refractivity contribution in [1.29, 1.82) is 0 Å². The van der Waals surface area contributed by atoms with Crippen molar-refractivity contribution >= 4 is 21.7 Å². The van der Waals surface area contributed by atoms with Crippen molar-refractivity contribution in [3.63, 3.8) is 0 Å². The number of esters is 1. The zero-order valence-corrected chi connectivity index (χ0v) is 17.8. The van der Waals surface area contributed by atoms with Crippen LogP contribution in [0.5, 0.6) is 11.5 Å². The fourth-order valence-electron chi connectivity index (χ4n) is 2.77. The summed E-state index contributed by atoms with van der Waals surface area (Å²) in [7, 11) is -1.07. The van der Waals surface area contributed by atoms with Crippen molar-refractivity contribution in [2.75, 3.05) is 31.7 Å². The molecule has 2 aromatic rings. The zero-order chi connectivity index (χ0) is 21.6. The smallest absolute Gasteiger partial charge is 0.338 e. The molecule has 0 unspecified atom stereocenters. The summed E-state index contributed by atoms with van der Waals surface area (Å²) in [6, 6.07) is 9.16. The molecular formula is C21H25NO6S. The van der Waals surface area contributed by atoms with E-state index in [-0.39, 0.29) is 23.6 Å². The van der Waals surface area contributed by atoms with Gasteiger partial charge < -0.3 is 14.2 Å². The number of ether oxygens (including phenoxy) is 3. The number of benzene rings is 2. The molecule has 29 heavy (non-hydrogen) atoms. The Balaban J connectivity index is 2.60. The van der Waals surface area contributed by atoms with Crippen LogP contribution in [-0.4, -0.2) is 41.8 Å². The van der Waals surface area contributed by atoms with Gasteiger partial charge in [0.05, 0.1) is 43.5 Å². The molecule has 0 heterocycles. The average molecular weight is 419 g/mol. The number of hydrogen-bond acceptors (Lipinski definition) is 6. The Morgan fingerprint density at radius 2 is 1.79 bits per heavy atom. The number of rotatable bonds is 9. The largest absolute Gasteiger partial charge is 0.493 e. The molecule has 0 radical (unpaired) electrons. The van der Waals surface area contributed by atoms with E-state index in [2.05, 4.69) is 6.58 Å². The third kappa shape index (κ3) is 4.71. The molecule has 0 amide bonds. The van der Waals surface area contributed by atoms with E-state index in [1.165, 1.54) is 48.9 Å². The Bertz CT molecular complexity index is 1000. The molecule has 2 aromatic carbocycles. The summed E-state index contributed by atoms with van der Waals surface area (Å²) in [5.41, 5.74) is 1.32. The summed E-state index contributed by atoms with van der Waals surface area (Å²) in [4.78, 5) is 12.1. The fourth-order valence-corrected chi connectivity index (χ4v) is 4.27. The van der Waals surface area contributed by atoms with Crippen molar-refractivity contribution in [3.05, 3.63) is 60.2 Å². The standard InChI is InChI=1S/C21H25NO6S/c1-6-12-22(18-13-16(9-8-15(18)3)21(23)28-7-2)29(24,25)17-10-11-19(26-4)20(14-17)27-5/h6,8-11,13-14H,1,7,12H2,2-5H3. The quantitative estimate of drug-likeness (QED) is 0.457. The molecule has 0 N–H and O–H groups in total. The number of carbonyl (C=O) groups is 1. The first kappa shape index (κ1) is 22.3. The van der Waals surface area contributed by atoms with Crippen LogP contribution < -0.4 is 13.8 Å². The highest BCUT2D eigenvalue weighted by molar-refractivity contribution is 7.92. The molecule has 7 nitrogen and oxygen atoms in total. The lowest BCUT2D eigenvalue weighted by Crippen LogP contribution is -2.32. The van der Waals surface area contributed by atoms with Gasteiger partial charge in [-0.25, -0.2) is 13.2 Å². The van der Waals surface area contributed by atoms with Gasteiger partial charge in [0, 0.05) is 6.07 Å². The summed E-state index contributed by atoms with van der Waals surface area (Å²) in [6.07, 6.45) is 1.48. The van der Waals surface area contributed by atoms with Gasteiger partial charge in [-0.1, -0.05) is 12.1 Å². The van der Waals surface area contributed by atoms with Crippen LogP contribution in [0.4, 0.5) is 5.69 Å². The lowest BCUT2D eigenvalue weighted by atomic mass is 10.1. The second kappa shape index (κ2) is 9.47. The highest BCUT2D eigenvalue weighted by Gasteiger charge is 2.27. The van der Waals surface area contributed by atoms with Gasteiger partial charge in [-0.2, -0.15) is 0 Å². The zero-order valence-electron chi connectivity index (χ0n) is 17.0. The van der Waals surface area contributed by atoms with E-state index < -0.39 is 16.0 Å². The van der Waals surface area contributed by atoms with Crippen molar-refractivity contribution in [2.45, 2.75) is 18.7 Å². The lowest BCUT2D eigenvalue weighted by Gasteiger charge is -2.25. The van der Waals surface area contributed by atoms with E-state index in [1.54, 1.807) is 26.0 Å².